The number of aldehydes is 1. The van der Waals surface area contributed by atoms with Gasteiger partial charge in [0.15, 0.2) is 4.80 Å². The lowest BCUT2D eigenvalue weighted by Gasteiger charge is -2.09. The summed E-state index contributed by atoms with van der Waals surface area (Å²) in [6.45, 7) is 5.92. The minimum Gasteiger partial charge on any atom is -0.513 e. The Bertz CT molecular complexity index is 1370. The van der Waals surface area contributed by atoms with E-state index in [-0.39, 0.29) is 0 Å². The summed E-state index contributed by atoms with van der Waals surface area (Å²) in [5, 5.41) is 20.2. The van der Waals surface area contributed by atoms with Gasteiger partial charge in [0.25, 0.3) is 0 Å². The fourth-order valence-electron chi connectivity index (χ4n) is 3.53. The zero-order valence-electron chi connectivity index (χ0n) is 18.2. The van der Waals surface area contributed by atoms with Crippen LogP contribution in [0.5, 0.6) is 0 Å². The summed E-state index contributed by atoms with van der Waals surface area (Å²) in [6, 6.07) is 13.4. The second kappa shape index (κ2) is 10.6. The molecule has 0 bridgehead atoms. The molecular weight excluding hydrogens is 418 g/mol. The van der Waals surface area contributed by atoms with Crippen molar-refractivity contribution in [2.24, 2.45) is 12.0 Å². The van der Waals surface area contributed by atoms with Crippen molar-refractivity contribution in [3.63, 3.8) is 0 Å². The van der Waals surface area contributed by atoms with Crippen molar-refractivity contribution in [2.75, 3.05) is 0 Å². The van der Waals surface area contributed by atoms with Crippen molar-refractivity contribution >= 4 is 35.6 Å². The maximum Gasteiger partial charge on any atom is 0.190 e. The number of rotatable bonds is 7. The molecule has 2 aromatic carbocycles. The molecule has 0 unspecified atom stereocenters. The summed E-state index contributed by atoms with van der Waals surface area (Å²) < 4.78 is 2.68. The van der Waals surface area contributed by atoms with Crippen molar-refractivity contribution in [1.82, 2.24) is 4.57 Å². The normalized spacial score (nSPS) is 12.7. The van der Waals surface area contributed by atoms with Crippen LogP contribution >= 0.6 is 11.3 Å². The number of allylic oxidation sites excluding steroid dienone is 1. The standard InChI is InChI=1S/C26H25N3O2S/c1-4-6-20-12-19(13-21(7-5-2)23(20)15-27)14-25-24(17-31)29(3)26(32-25)28-22-10-8-18(16-30)9-11-22/h4,8-14,16-17,31H,1,5-7H2,2-3H3/b24-17-,25-14-,28-26-. The molecule has 1 N–H and O–H groups in total. The molecule has 1 heterocycles. The van der Waals surface area contributed by atoms with Crippen LogP contribution < -0.4 is 14.7 Å². The van der Waals surface area contributed by atoms with Gasteiger partial charge in [0.1, 0.15) is 12.5 Å². The van der Waals surface area contributed by atoms with E-state index in [1.807, 2.05) is 29.8 Å². The van der Waals surface area contributed by atoms with Crippen LogP contribution in [0.1, 0.15) is 46.0 Å². The second-order valence-corrected chi connectivity index (χ2v) is 8.37. The van der Waals surface area contributed by atoms with E-state index in [2.05, 4.69) is 24.6 Å². The third-order valence-electron chi connectivity index (χ3n) is 5.10. The Kier molecular flexibility index (Phi) is 7.58. The largest absolute Gasteiger partial charge is 0.513 e. The topological polar surface area (TPSA) is 78.4 Å². The summed E-state index contributed by atoms with van der Waals surface area (Å²) in [5.74, 6) is 0. The SMILES string of the molecule is C=CCc1cc(/C=c2\s/c(=N\c3ccc(C=O)cc3)n(C)\c2=C/O)cc(CCC)c1C#N. The number of benzene rings is 2. The van der Waals surface area contributed by atoms with Gasteiger partial charge in [-0.15, -0.1) is 6.58 Å². The molecule has 0 amide bonds. The molecule has 0 fully saturated rings. The molecule has 0 aliphatic carbocycles. The van der Waals surface area contributed by atoms with E-state index in [0.29, 0.717) is 22.1 Å². The Labute approximate surface area is 191 Å². The fraction of sp³-hybridized carbons (Fsp3) is 0.192. The van der Waals surface area contributed by atoms with Gasteiger partial charge in [-0.2, -0.15) is 5.26 Å². The second-order valence-electron chi connectivity index (χ2n) is 7.36. The van der Waals surface area contributed by atoms with E-state index in [4.69, 9.17) is 0 Å². The lowest BCUT2D eigenvalue weighted by Crippen LogP contribution is -2.30. The minimum atomic E-state index is 0.594. The van der Waals surface area contributed by atoms with Gasteiger partial charge in [-0.3, -0.25) is 4.79 Å². The highest BCUT2D eigenvalue weighted by molar-refractivity contribution is 7.07. The highest BCUT2D eigenvalue weighted by Crippen LogP contribution is 2.20. The molecule has 0 saturated heterocycles. The molecule has 6 heteroatoms. The van der Waals surface area contributed by atoms with Gasteiger partial charge in [-0.1, -0.05) is 42.9 Å². The van der Waals surface area contributed by atoms with E-state index >= 15 is 0 Å². The molecule has 1 aromatic heterocycles. The predicted octanol–water partition coefficient (Wildman–Crippen LogP) is 3.81. The Balaban J connectivity index is 2.19. The molecule has 0 atom stereocenters. The summed E-state index contributed by atoms with van der Waals surface area (Å²) in [5.41, 5.74) is 4.99. The summed E-state index contributed by atoms with van der Waals surface area (Å²) in [6.07, 6.45) is 8.08. The number of aliphatic hydroxyl groups excluding tert-OH is 1. The Morgan fingerprint density at radius 3 is 2.53 bits per heavy atom. The molecular formula is C26H25N3O2S. The first-order valence-electron chi connectivity index (χ1n) is 10.3. The number of nitrogens with zero attached hydrogens (tertiary/aromatic N) is 3. The zero-order chi connectivity index (χ0) is 23.1. The average molecular weight is 444 g/mol. The van der Waals surface area contributed by atoms with E-state index in [1.165, 1.54) is 11.3 Å². The van der Waals surface area contributed by atoms with Crippen molar-refractivity contribution in [3.05, 3.63) is 91.6 Å². The number of hydrogen-bond donors (Lipinski definition) is 1. The van der Waals surface area contributed by atoms with Gasteiger partial charge < -0.3 is 9.67 Å². The number of aryl methyl sites for hydroxylation is 1. The number of thiazole rings is 1. The van der Waals surface area contributed by atoms with Gasteiger partial charge in [-0.25, -0.2) is 4.99 Å². The molecule has 3 aromatic rings. The van der Waals surface area contributed by atoms with Crippen LogP contribution in [0.25, 0.3) is 12.3 Å². The van der Waals surface area contributed by atoms with Crippen molar-refractivity contribution in [1.29, 1.82) is 5.26 Å². The first kappa shape index (κ1) is 23.0. The smallest absolute Gasteiger partial charge is 0.190 e. The first-order valence-corrected chi connectivity index (χ1v) is 11.1. The van der Waals surface area contributed by atoms with Gasteiger partial charge in [0.2, 0.25) is 0 Å². The van der Waals surface area contributed by atoms with Gasteiger partial charge in [0.05, 0.1) is 27.2 Å². The van der Waals surface area contributed by atoms with Crippen LogP contribution in [0.2, 0.25) is 0 Å². The van der Waals surface area contributed by atoms with Crippen LogP contribution in [-0.4, -0.2) is 16.0 Å². The predicted molar refractivity (Wildman–Crippen MR) is 129 cm³/mol. The van der Waals surface area contributed by atoms with Gasteiger partial charge in [0, 0.05) is 12.6 Å². The number of nitriles is 1. The minimum absolute atomic E-state index is 0.594. The van der Waals surface area contributed by atoms with Crippen LogP contribution in [0.3, 0.4) is 0 Å². The van der Waals surface area contributed by atoms with Gasteiger partial charge in [-0.05, 0) is 59.9 Å². The number of hydrogen-bond acceptors (Lipinski definition) is 5. The highest BCUT2D eigenvalue weighted by atomic mass is 32.1. The van der Waals surface area contributed by atoms with Crippen LogP contribution in [0, 0.1) is 11.3 Å². The molecule has 5 nitrogen and oxygen atoms in total. The number of aromatic nitrogens is 1. The molecule has 0 radical (unpaired) electrons. The Morgan fingerprint density at radius 1 is 1.22 bits per heavy atom. The number of carbonyl (C=O) groups excluding carboxylic acids is 1. The van der Waals surface area contributed by atoms with E-state index in [1.54, 1.807) is 30.3 Å². The molecule has 0 aliphatic heterocycles. The first-order chi connectivity index (χ1) is 15.5. The monoisotopic (exact) mass is 443 g/mol. The molecule has 0 spiro atoms. The van der Waals surface area contributed by atoms with E-state index < -0.39 is 0 Å². The van der Waals surface area contributed by atoms with E-state index in [9.17, 15) is 15.2 Å². The molecule has 0 aliphatic rings. The molecule has 0 saturated carbocycles. The highest BCUT2D eigenvalue weighted by Gasteiger charge is 2.09. The van der Waals surface area contributed by atoms with Crippen LogP contribution in [-0.2, 0) is 19.9 Å². The maximum atomic E-state index is 10.9. The average Bonchev–Trinajstić information content (AvgIpc) is 3.08. The molecule has 162 valence electrons. The summed E-state index contributed by atoms with van der Waals surface area (Å²) >= 11 is 1.45. The van der Waals surface area contributed by atoms with Crippen molar-refractivity contribution in [2.45, 2.75) is 26.2 Å². The molecule has 32 heavy (non-hydrogen) atoms. The summed E-state index contributed by atoms with van der Waals surface area (Å²) in [7, 11) is 1.85. The third-order valence-corrected chi connectivity index (χ3v) is 6.19. The number of aliphatic hydroxyl groups is 1. The molecule has 3 rings (SSSR count). The third kappa shape index (κ3) is 4.96. The quantitative estimate of drug-likeness (QED) is 0.446. The Morgan fingerprint density at radius 2 is 1.94 bits per heavy atom. The van der Waals surface area contributed by atoms with Crippen LogP contribution in [0.15, 0.2) is 54.0 Å². The lowest BCUT2D eigenvalue weighted by molar-refractivity contribution is 0.112. The van der Waals surface area contributed by atoms with Crippen molar-refractivity contribution < 1.29 is 9.90 Å². The maximum absolute atomic E-state index is 10.9. The fourth-order valence-corrected chi connectivity index (χ4v) is 4.60. The number of carbonyl (C=O) groups is 1. The summed E-state index contributed by atoms with van der Waals surface area (Å²) in [4.78, 5) is 16.2. The zero-order valence-corrected chi connectivity index (χ0v) is 19.0. The Hall–Kier alpha value is -3.69. The van der Waals surface area contributed by atoms with Gasteiger partial charge >= 0.3 is 0 Å². The van der Waals surface area contributed by atoms with E-state index in [0.717, 1.165) is 57.9 Å². The lowest BCUT2D eigenvalue weighted by atomic mass is 9.94. The van der Waals surface area contributed by atoms with Crippen molar-refractivity contribution in [3.8, 4) is 6.07 Å². The van der Waals surface area contributed by atoms with Crippen LogP contribution in [0.4, 0.5) is 5.69 Å².